The van der Waals surface area contributed by atoms with Crippen molar-refractivity contribution < 1.29 is 4.74 Å². The molecule has 1 saturated heterocycles. The Hall–Kier alpha value is 0.0249. The number of ether oxygens (including phenoxy) is 1. The molecule has 44 valence electrons. The summed E-state index contributed by atoms with van der Waals surface area (Å²) in [5.74, 6) is 0. The van der Waals surface area contributed by atoms with E-state index in [-0.39, 0.29) is 15.8 Å². The highest BCUT2D eigenvalue weighted by Crippen LogP contribution is 1.98. The Morgan fingerprint density at radius 1 is 1.00 bits per heavy atom. The van der Waals surface area contributed by atoms with E-state index in [0.29, 0.717) is 0 Å². The van der Waals surface area contributed by atoms with Gasteiger partial charge in [-0.05, 0) is 12.8 Å². The van der Waals surface area contributed by atoms with Crippen molar-refractivity contribution in [3.05, 3.63) is 0 Å². The van der Waals surface area contributed by atoms with Crippen LogP contribution in [0.1, 0.15) is 20.3 Å². The van der Waals surface area contributed by atoms with Gasteiger partial charge in [0.1, 0.15) is 0 Å². The summed E-state index contributed by atoms with van der Waals surface area (Å²) in [5.41, 5.74) is 0. The molecule has 0 N–H and O–H groups in total. The minimum Gasteiger partial charge on any atom is -0.381 e. The molecule has 0 bridgehead atoms. The minimum absolute atomic E-state index is 0. The first-order valence-corrected chi connectivity index (χ1v) is 2.08. The van der Waals surface area contributed by atoms with Crippen LogP contribution in [0.4, 0.5) is 0 Å². The third kappa shape index (κ3) is 3.87. The molecule has 0 radical (unpaired) electrons. The molecule has 1 heterocycles. The largest absolute Gasteiger partial charge is 0.381 e. The summed E-state index contributed by atoms with van der Waals surface area (Å²) in [6, 6.07) is 0. The smallest absolute Gasteiger partial charge is 0.0814 e. The van der Waals surface area contributed by atoms with Crippen LogP contribution in [-0.2, 0) is 4.74 Å². The fraction of sp³-hybridized carbons (Fsp3) is 1.00. The first-order valence-electron chi connectivity index (χ1n) is 2.08. The van der Waals surface area contributed by atoms with Gasteiger partial charge < -0.3 is 4.74 Å². The van der Waals surface area contributed by atoms with Crippen LogP contribution >= 0.6 is 0 Å². The molecular weight excluding hydrogens is 86.9 g/mol. The van der Waals surface area contributed by atoms with Crippen LogP contribution in [0.3, 0.4) is 0 Å². The normalized spacial score (nSPS) is 17.1. The van der Waals surface area contributed by atoms with Crippen molar-refractivity contribution in [2.45, 2.75) is 20.3 Å². The maximum absolute atomic E-state index is 4.94. The lowest BCUT2D eigenvalue weighted by molar-refractivity contribution is 0.198. The zero-order valence-electron chi connectivity index (χ0n) is 3.24. The van der Waals surface area contributed by atoms with Gasteiger partial charge in [0.05, 0.1) is 8.41 Å². The monoisotopic (exact) mass is 102 g/mol. The van der Waals surface area contributed by atoms with Crippen molar-refractivity contribution in [1.82, 2.24) is 0 Å². The Morgan fingerprint density at radius 3 is 1.57 bits per heavy atom. The molecule has 0 saturated carbocycles. The Morgan fingerprint density at radius 2 is 1.43 bits per heavy atom. The number of rotatable bonds is 0. The second-order valence-electron chi connectivity index (χ2n) is 1.32. The van der Waals surface area contributed by atoms with Crippen molar-refractivity contribution in [2.75, 3.05) is 13.2 Å². The number of hydrogen-bond donors (Lipinski definition) is 0. The zero-order valence-corrected chi connectivity index (χ0v) is 3.24. The summed E-state index contributed by atoms with van der Waals surface area (Å²) in [7, 11) is 0. The van der Waals surface area contributed by atoms with Crippen LogP contribution < -0.4 is 0 Å². The minimum atomic E-state index is 0. The molecule has 0 unspecified atom stereocenters. The molecule has 0 aromatic heterocycles. The Labute approximate surface area is 47.6 Å². The molecular formula is C5H15BO. The lowest BCUT2D eigenvalue weighted by Crippen LogP contribution is -1.74. The van der Waals surface area contributed by atoms with Gasteiger partial charge in [-0.3, -0.25) is 0 Å². The molecule has 1 fully saturated rings. The van der Waals surface area contributed by atoms with Crippen LogP contribution in [0.15, 0.2) is 0 Å². The van der Waals surface area contributed by atoms with E-state index in [9.17, 15) is 0 Å². The molecule has 1 aliphatic rings. The highest BCUT2D eigenvalue weighted by atomic mass is 16.5. The van der Waals surface area contributed by atoms with E-state index < -0.39 is 0 Å². The predicted octanol–water partition coefficient (Wildman–Crippen LogP) is 0.249. The topological polar surface area (TPSA) is 9.23 Å². The fourth-order valence-electron chi connectivity index (χ4n) is 0.510. The quantitative estimate of drug-likeness (QED) is 0.398. The van der Waals surface area contributed by atoms with E-state index in [1.807, 2.05) is 0 Å². The molecule has 1 rings (SSSR count). The van der Waals surface area contributed by atoms with Crippen LogP contribution in [0.25, 0.3) is 0 Å². The standard InChI is InChI=1S/C4H8O.CH4.BH3/c1-2-4-5-3-1;;/h1-4H2;1H4;1H3. The van der Waals surface area contributed by atoms with Crippen LogP contribution in [0, 0.1) is 0 Å². The SMILES string of the molecule is B.C.C1CCOC1. The average Bonchev–Trinajstić information content (AvgIpc) is 1.76. The van der Waals surface area contributed by atoms with E-state index in [0.717, 1.165) is 13.2 Å². The average molecular weight is 102 g/mol. The van der Waals surface area contributed by atoms with Crippen molar-refractivity contribution in [1.29, 1.82) is 0 Å². The third-order valence-electron chi connectivity index (χ3n) is 0.827. The molecule has 7 heavy (non-hydrogen) atoms. The van der Waals surface area contributed by atoms with Crippen LogP contribution in [0.2, 0.25) is 0 Å². The maximum atomic E-state index is 4.94. The fourth-order valence-corrected chi connectivity index (χ4v) is 0.510. The molecule has 0 spiro atoms. The first-order chi connectivity index (χ1) is 2.50. The Kier molecular flexibility index (Phi) is 8.69. The summed E-state index contributed by atoms with van der Waals surface area (Å²) in [6.45, 7) is 2.00. The molecule has 0 amide bonds. The Balaban J connectivity index is 0. The van der Waals surface area contributed by atoms with Gasteiger partial charge in [-0.2, -0.15) is 0 Å². The summed E-state index contributed by atoms with van der Waals surface area (Å²) in [6.07, 6.45) is 2.56. The summed E-state index contributed by atoms with van der Waals surface area (Å²) in [5, 5.41) is 0. The maximum Gasteiger partial charge on any atom is 0.0814 e. The van der Waals surface area contributed by atoms with E-state index in [2.05, 4.69) is 0 Å². The van der Waals surface area contributed by atoms with Crippen molar-refractivity contribution in [3.63, 3.8) is 0 Å². The predicted molar refractivity (Wildman–Crippen MR) is 36.7 cm³/mol. The third-order valence-corrected chi connectivity index (χ3v) is 0.827. The number of hydrogen-bond acceptors (Lipinski definition) is 1. The molecule has 1 aliphatic heterocycles. The molecule has 0 aromatic carbocycles. The molecule has 0 atom stereocenters. The van der Waals surface area contributed by atoms with Gasteiger partial charge in [0, 0.05) is 13.2 Å². The van der Waals surface area contributed by atoms with Crippen LogP contribution in [0.5, 0.6) is 0 Å². The summed E-state index contributed by atoms with van der Waals surface area (Å²) in [4.78, 5) is 0. The van der Waals surface area contributed by atoms with Crippen molar-refractivity contribution >= 4 is 8.41 Å². The van der Waals surface area contributed by atoms with Gasteiger partial charge in [-0.15, -0.1) is 0 Å². The van der Waals surface area contributed by atoms with E-state index in [1.54, 1.807) is 0 Å². The summed E-state index contributed by atoms with van der Waals surface area (Å²) >= 11 is 0. The second-order valence-corrected chi connectivity index (χ2v) is 1.32. The molecule has 1 nitrogen and oxygen atoms in total. The first kappa shape index (κ1) is 10.1. The van der Waals surface area contributed by atoms with Gasteiger partial charge in [-0.1, -0.05) is 7.43 Å². The molecule has 2 heteroatoms. The lowest BCUT2D eigenvalue weighted by atomic mass is 10.4. The zero-order chi connectivity index (χ0) is 3.54. The highest BCUT2D eigenvalue weighted by molar-refractivity contribution is 5.75. The molecule has 0 aliphatic carbocycles. The Bertz CT molecular complexity index is 19.7. The summed E-state index contributed by atoms with van der Waals surface area (Å²) < 4.78 is 4.94. The van der Waals surface area contributed by atoms with Gasteiger partial charge in [0.2, 0.25) is 0 Å². The van der Waals surface area contributed by atoms with E-state index in [1.165, 1.54) is 12.8 Å². The van der Waals surface area contributed by atoms with Gasteiger partial charge in [-0.25, -0.2) is 0 Å². The van der Waals surface area contributed by atoms with Crippen molar-refractivity contribution in [3.8, 4) is 0 Å². The van der Waals surface area contributed by atoms with Gasteiger partial charge in [0.15, 0.2) is 0 Å². The van der Waals surface area contributed by atoms with E-state index in [4.69, 9.17) is 4.74 Å². The van der Waals surface area contributed by atoms with Crippen molar-refractivity contribution in [2.24, 2.45) is 0 Å². The second kappa shape index (κ2) is 6.02. The van der Waals surface area contributed by atoms with E-state index >= 15 is 0 Å². The highest BCUT2D eigenvalue weighted by Gasteiger charge is 1.94. The van der Waals surface area contributed by atoms with Gasteiger partial charge in [0.25, 0.3) is 0 Å². The van der Waals surface area contributed by atoms with Gasteiger partial charge >= 0.3 is 0 Å². The molecule has 0 aromatic rings. The van der Waals surface area contributed by atoms with Crippen LogP contribution in [-0.4, -0.2) is 21.6 Å². The lowest BCUT2D eigenvalue weighted by Gasteiger charge is -1.76.